The molecular formula is C9H7F3O3S2. The minimum absolute atomic E-state index is 0.421. The number of alkyl halides is 3. The lowest BCUT2D eigenvalue weighted by molar-refractivity contribution is -0.140. The van der Waals surface area contributed by atoms with Crippen LogP contribution in [0.1, 0.15) is 16.7 Å². The number of hydrogen-bond acceptors (Lipinski definition) is 3. The summed E-state index contributed by atoms with van der Waals surface area (Å²) in [5.74, 6) is 0.875. The van der Waals surface area contributed by atoms with Crippen molar-refractivity contribution >= 4 is 21.9 Å². The number of halogens is 3. The molecule has 1 N–H and O–H groups in total. The number of benzene rings is 1. The van der Waals surface area contributed by atoms with Crippen molar-refractivity contribution in [3.63, 3.8) is 0 Å². The molecule has 1 aliphatic heterocycles. The molecule has 0 radical (unpaired) electrons. The van der Waals surface area contributed by atoms with Crippen molar-refractivity contribution < 1.29 is 26.1 Å². The van der Waals surface area contributed by atoms with E-state index in [0.29, 0.717) is 22.6 Å². The van der Waals surface area contributed by atoms with Gasteiger partial charge in [-0.3, -0.25) is 4.55 Å². The Morgan fingerprint density at radius 2 is 1.71 bits per heavy atom. The van der Waals surface area contributed by atoms with E-state index in [1.807, 2.05) is 0 Å². The Kier molecular flexibility index (Phi) is 2.91. The zero-order valence-corrected chi connectivity index (χ0v) is 9.92. The van der Waals surface area contributed by atoms with E-state index in [2.05, 4.69) is 0 Å². The highest BCUT2D eigenvalue weighted by molar-refractivity contribution is 7.98. The number of hydrogen-bond donors (Lipinski definition) is 1. The summed E-state index contributed by atoms with van der Waals surface area (Å²) in [4.78, 5) is -1.06. The molecule has 0 unspecified atom stereocenters. The van der Waals surface area contributed by atoms with Crippen LogP contribution in [0.25, 0.3) is 0 Å². The van der Waals surface area contributed by atoms with Gasteiger partial charge in [-0.15, -0.1) is 0 Å². The third-order valence-electron chi connectivity index (χ3n) is 2.40. The summed E-state index contributed by atoms with van der Waals surface area (Å²) in [5, 5.41) is 0. The normalized spacial score (nSPS) is 16.0. The molecule has 1 aliphatic rings. The van der Waals surface area contributed by atoms with E-state index in [1.54, 1.807) is 0 Å². The van der Waals surface area contributed by atoms with Crippen molar-refractivity contribution in [2.24, 2.45) is 0 Å². The summed E-state index contributed by atoms with van der Waals surface area (Å²) < 4.78 is 68.7. The first kappa shape index (κ1) is 12.7. The standard InChI is InChI=1S/C9H7F3O3S2/c10-9(11,12)7-1-5-3-16-4-6(5)2-8(7)17(13,14)15/h1-2H,3-4H2,(H,13,14,15). The Balaban J connectivity index is 2.73. The molecule has 0 amide bonds. The molecule has 0 spiro atoms. The average molecular weight is 284 g/mol. The Morgan fingerprint density at radius 1 is 1.18 bits per heavy atom. The van der Waals surface area contributed by atoms with E-state index in [9.17, 15) is 21.6 Å². The second-order valence-corrected chi connectivity index (χ2v) is 5.96. The highest BCUT2D eigenvalue weighted by atomic mass is 32.2. The predicted octanol–water partition coefficient (Wildman–Crippen LogP) is 2.70. The van der Waals surface area contributed by atoms with E-state index < -0.39 is 26.8 Å². The summed E-state index contributed by atoms with van der Waals surface area (Å²) in [7, 11) is -4.87. The Morgan fingerprint density at radius 3 is 2.18 bits per heavy atom. The van der Waals surface area contributed by atoms with Gasteiger partial charge in [0.25, 0.3) is 10.1 Å². The van der Waals surface area contributed by atoms with Crippen LogP contribution >= 0.6 is 11.8 Å². The maximum Gasteiger partial charge on any atom is 0.417 e. The lowest BCUT2D eigenvalue weighted by Crippen LogP contribution is -2.13. The smallest absolute Gasteiger partial charge is 0.282 e. The topological polar surface area (TPSA) is 54.4 Å². The van der Waals surface area contributed by atoms with Crippen molar-refractivity contribution in [2.75, 3.05) is 0 Å². The molecule has 0 saturated carbocycles. The molecule has 0 aliphatic carbocycles. The summed E-state index contributed by atoms with van der Waals surface area (Å²) in [6, 6.07) is 1.71. The quantitative estimate of drug-likeness (QED) is 0.806. The highest BCUT2D eigenvalue weighted by Gasteiger charge is 2.38. The molecular weight excluding hydrogens is 277 g/mol. The molecule has 0 aromatic heterocycles. The Bertz CT molecular complexity index is 564. The van der Waals surface area contributed by atoms with Crippen LogP contribution in [0.3, 0.4) is 0 Å². The van der Waals surface area contributed by atoms with Gasteiger partial charge in [0.1, 0.15) is 4.90 Å². The fraction of sp³-hybridized carbons (Fsp3) is 0.333. The number of thioether (sulfide) groups is 1. The summed E-state index contributed by atoms with van der Waals surface area (Å²) in [6.07, 6.45) is -4.80. The molecule has 1 aromatic rings. The van der Waals surface area contributed by atoms with Crippen LogP contribution in [-0.2, 0) is 27.8 Å². The van der Waals surface area contributed by atoms with Gasteiger partial charge in [-0.2, -0.15) is 33.4 Å². The van der Waals surface area contributed by atoms with E-state index in [-0.39, 0.29) is 0 Å². The van der Waals surface area contributed by atoms with Gasteiger partial charge < -0.3 is 0 Å². The zero-order valence-electron chi connectivity index (χ0n) is 8.28. The number of fused-ring (bicyclic) bond motifs is 1. The molecule has 0 saturated heterocycles. The first-order valence-electron chi connectivity index (χ1n) is 4.48. The van der Waals surface area contributed by atoms with Crippen LogP contribution in [0, 0.1) is 0 Å². The first-order chi connectivity index (χ1) is 7.69. The first-order valence-corrected chi connectivity index (χ1v) is 7.07. The molecule has 0 bridgehead atoms. The van der Waals surface area contributed by atoms with E-state index in [4.69, 9.17) is 4.55 Å². The van der Waals surface area contributed by atoms with Crippen molar-refractivity contribution in [1.29, 1.82) is 0 Å². The molecule has 17 heavy (non-hydrogen) atoms. The minimum atomic E-state index is -4.87. The third-order valence-corrected chi connectivity index (χ3v) is 4.32. The summed E-state index contributed by atoms with van der Waals surface area (Å²) >= 11 is 1.40. The monoisotopic (exact) mass is 284 g/mol. The van der Waals surface area contributed by atoms with Gasteiger partial charge >= 0.3 is 6.18 Å². The highest BCUT2D eigenvalue weighted by Crippen LogP contribution is 2.39. The van der Waals surface area contributed by atoms with Gasteiger partial charge in [0, 0.05) is 11.5 Å². The molecule has 8 heteroatoms. The van der Waals surface area contributed by atoms with Crippen LogP contribution in [0.4, 0.5) is 13.2 Å². The molecule has 2 rings (SSSR count). The predicted molar refractivity (Wildman–Crippen MR) is 56.3 cm³/mol. The summed E-state index contributed by atoms with van der Waals surface area (Å²) in [6.45, 7) is 0. The van der Waals surface area contributed by atoms with Crippen LogP contribution in [0.5, 0.6) is 0 Å². The second kappa shape index (κ2) is 3.89. The Labute approximate surface area is 99.8 Å². The van der Waals surface area contributed by atoms with Gasteiger partial charge in [-0.1, -0.05) is 0 Å². The maximum atomic E-state index is 12.7. The maximum absolute atomic E-state index is 12.7. The lowest BCUT2D eigenvalue weighted by Gasteiger charge is -2.12. The van der Waals surface area contributed by atoms with E-state index in [0.717, 1.165) is 12.1 Å². The Hall–Kier alpha value is -0.730. The van der Waals surface area contributed by atoms with Crippen LogP contribution < -0.4 is 0 Å². The van der Waals surface area contributed by atoms with Crippen molar-refractivity contribution in [3.05, 3.63) is 28.8 Å². The molecule has 3 nitrogen and oxygen atoms in total. The fourth-order valence-corrected chi connectivity index (χ4v) is 3.46. The van der Waals surface area contributed by atoms with Crippen molar-refractivity contribution in [3.8, 4) is 0 Å². The van der Waals surface area contributed by atoms with Gasteiger partial charge in [-0.05, 0) is 23.3 Å². The van der Waals surface area contributed by atoms with Gasteiger partial charge in [0.2, 0.25) is 0 Å². The SMILES string of the molecule is O=S(=O)(O)c1cc2c(cc1C(F)(F)F)CSC2. The molecule has 1 heterocycles. The lowest BCUT2D eigenvalue weighted by atomic mass is 10.1. The van der Waals surface area contributed by atoms with Gasteiger partial charge in [-0.25, -0.2) is 0 Å². The van der Waals surface area contributed by atoms with Crippen molar-refractivity contribution in [2.45, 2.75) is 22.6 Å². The van der Waals surface area contributed by atoms with Gasteiger partial charge in [0.05, 0.1) is 5.56 Å². The second-order valence-electron chi connectivity index (χ2n) is 3.58. The fourth-order valence-electron chi connectivity index (χ4n) is 1.64. The molecule has 0 atom stereocenters. The molecule has 0 fully saturated rings. The average Bonchev–Trinajstić information content (AvgIpc) is 2.59. The van der Waals surface area contributed by atoms with E-state index >= 15 is 0 Å². The van der Waals surface area contributed by atoms with Gasteiger partial charge in [0.15, 0.2) is 0 Å². The third kappa shape index (κ3) is 2.43. The molecule has 1 aromatic carbocycles. The van der Waals surface area contributed by atoms with Crippen LogP contribution in [0.15, 0.2) is 17.0 Å². The number of rotatable bonds is 1. The van der Waals surface area contributed by atoms with Crippen molar-refractivity contribution in [1.82, 2.24) is 0 Å². The largest absolute Gasteiger partial charge is 0.417 e. The van der Waals surface area contributed by atoms with Crippen LogP contribution in [-0.4, -0.2) is 13.0 Å². The summed E-state index contributed by atoms with van der Waals surface area (Å²) in [5.41, 5.74) is -0.313. The minimum Gasteiger partial charge on any atom is -0.282 e. The zero-order chi connectivity index (χ0) is 12.8. The van der Waals surface area contributed by atoms with Crippen LogP contribution in [0.2, 0.25) is 0 Å². The van der Waals surface area contributed by atoms with E-state index in [1.165, 1.54) is 11.8 Å². The molecule has 94 valence electrons.